The monoisotopic (exact) mass is 418 g/mol. The Hall–Kier alpha value is -2.62. The Morgan fingerprint density at radius 1 is 1.03 bits per heavy atom. The summed E-state index contributed by atoms with van der Waals surface area (Å²) >= 11 is 0. The van der Waals surface area contributed by atoms with E-state index in [2.05, 4.69) is 4.72 Å². The van der Waals surface area contributed by atoms with E-state index in [-0.39, 0.29) is 23.5 Å². The van der Waals surface area contributed by atoms with Gasteiger partial charge in [0.25, 0.3) is 0 Å². The largest absolute Gasteiger partial charge is 0.486 e. The number of fused-ring (bicyclic) bond motifs is 1. The second-order valence-electron chi connectivity index (χ2n) is 6.74. The highest BCUT2D eigenvalue weighted by atomic mass is 32.2. The summed E-state index contributed by atoms with van der Waals surface area (Å²) in [4.78, 5) is 14.2. The number of hydrogen-bond acceptors (Lipinski definition) is 6. The third-order valence-electron chi connectivity index (χ3n) is 4.83. The molecule has 1 saturated heterocycles. The Labute approximate surface area is 169 Å². The number of amides is 1. The summed E-state index contributed by atoms with van der Waals surface area (Å²) in [5.74, 6) is 0.589. The summed E-state index contributed by atoms with van der Waals surface area (Å²) < 4.78 is 44.1. The molecule has 0 radical (unpaired) electrons. The van der Waals surface area contributed by atoms with Crippen LogP contribution in [0.3, 0.4) is 0 Å². The highest BCUT2D eigenvalue weighted by Gasteiger charge is 2.27. The molecule has 2 aliphatic rings. The zero-order valence-corrected chi connectivity index (χ0v) is 16.6. The number of carbonyl (C=O) groups excluding carboxylic acids is 1. The maximum Gasteiger partial charge on any atom is 0.241 e. The molecule has 1 unspecified atom stereocenters. The van der Waals surface area contributed by atoms with Crippen LogP contribution in [0.1, 0.15) is 11.7 Å². The van der Waals surface area contributed by atoms with Gasteiger partial charge in [-0.25, -0.2) is 13.1 Å². The molecule has 1 fully saturated rings. The first-order valence-electron chi connectivity index (χ1n) is 9.36. The highest BCUT2D eigenvalue weighted by Crippen LogP contribution is 2.32. The Bertz CT molecular complexity index is 980. The lowest BCUT2D eigenvalue weighted by atomic mass is 10.1. The first kappa shape index (κ1) is 19.7. The van der Waals surface area contributed by atoms with Crippen LogP contribution in [0.2, 0.25) is 0 Å². The number of carbonyl (C=O) groups is 1. The predicted octanol–water partition coefficient (Wildman–Crippen LogP) is 1.34. The minimum absolute atomic E-state index is 0.0266. The van der Waals surface area contributed by atoms with Crippen molar-refractivity contribution in [2.75, 3.05) is 39.5 Å². The van der Waals surface area contributed by atoms with Gasteiger partial charge in [0.2, 0.25) is 15.9 Å². The zero-order chi connectivity index (χ0) is 20.3. The average molecular weight is 418 g/mol. The second kappa shape index (κ2) is 8.40. The maximum atomic E-state index is 12.6. The number of ether oxygens (including phenoxy) is 3. The van der Waals surface area contributed by atoms with Crippen molar-refractivity contribution in [2.45, 2.75) is 11.0 Å². The van der Waals surface area contributed by atoms with E-state index < -0.39 is 10.0 Å². The summed E-state index contributed by atoms with van der Waals surface area (Å²) in [6, 6.07) is 14.0. The molecule has 8 nitrogen and oxygen atoms in total. The van der Waals surface area contributed by atoms with Gasteiger partial charge in [0.15, 0.2) is 11.5 Å². The first-order chi connectivity index (χ1) is 14.0. The molecule has 4 rings (SSSR count). The fourth-order valence-corrected chi connectivity index (χ4v) is 4.28. The standard InChI is InChI=1S/C20H22N2O6S/c23-20(22-8-9-26-19(14-22)15-4-2-1-3-5-15)13-21-29(24,25)16-6-7-17-18(12-16)28-11-10-27-17/h1-7,12,19,21H,8-11,13-14H2. The second-order valence-corrected chi connectivity index (χ2v) is 8.51. The lowest BCUT2D eigenvalue weighted by Crippen LogP contribution is -2.46. The van der Waals surface area contributed by atoms with Gasteiger partial charge < -0.3 is 19.1 Å². The quantitative estimate of drug-likeness (QED) is 0.788. The fraction of sp³-hybridized carbons (Fsp3) is 0.350. The van der Waals surface area contributed by atoms with Gasteiger partial charge in [-0.3, -0.25) is 4.79 Å². The third kappa shape index (κ3) is 4.52. The first-order valence-corrected chi connectivity index (χ1v) is 10.8. The van der Waals surface area contributed by atoms with Gasteiger partial charge in [0, 0.05) is 12.6 Å². The van der Waals surface area contributed by atoms with Crippen molar-refractivity contribution in [3.63, 3.8) is 0 Å². The number of morpholine rings is 1. The molecule has 2 aliphatic heterocycles. The highest BCUT2D eigenvalue weighted by molar-refractivity contribution is 7.89. The van der Waals surface area contributed by atoms with E-state index in [0.29, 0.717) is 44.4 Å². The van der Waals surface area contributed by atoms with Gasteiger partial charge in [-0.2, -0.15) is 0 Å². The molecule has 1 amide bonds. The van der Waals surface area contributed by atoms with Crippen LogP contribution >= 0.6 is 0 Å². The van der Waals surface area contributed by atoms with Crippen molar-refractivity contribution in [2.24, 2.45) is 0 Å². The molecule has 0 saturated carbocycles. The normalized spacial score (nSPS) is 19.0. The predicted molar refractivity (Wildman–Crippen MR) is 104 cm³/mol. The smallest absolute Gasteiger partial charge is 0.241 e. The summed E-state index contributed by atoms with van der Waals surface area (Å²) in [6.45, 7) is 1.68. The summed E-state index contributed by atoms with van der Waals surface area (Å²) in [7, 11) is -3.86. The molecule has 9 heteroatoms. The lowest BCUT2D eigenvalue weighted by molar-refractivity contribution is -0.137. The number of hydrogen-bond donors (Lipinski definition) is 1. The molecule has 0 aromatic heterocycles. The lowest BCUT2D eigenvalue weighted by Gasteiger charge is -2.33. The van der Waals surface area contributed by atoms with E-state index in [4.69, 9.17) is 14.2 Å². The van der Waals surface area contributed by atoms with Gasteiger partial charge >= 0.3 is 0 Å². The Morgan fingerprint density at radius 3 is 2.59 bits per heavy atom. The number of benzene rings is 2. The molecule has 0 spiro atoms. The van der Waals surface area contributed by atoms with Crippen LogP contribution in [0.5, 0.6) is 11.5 Å². The van der Waals surface area contributed by atoms with Crippen LogP contribution in [-0.4, -0.2) is 58.7 Å². The molecule has 2 heterocycles. The topological polar surface area (TPSA) is 94.2 Å². The molecule has 0 aliphatic carbocycles. The number of rotatable bonds is 5. The van der Waals surface area contributed by atoms with Crippen LogP contribution < -0.4 is 14.2 Å². The van der Waals surface area contributed by atoms with Crippen molar-refractivity contribution in [1.29, 1.82) is 0 Å². The Balaban J connectivity index is 1.38. The molecule has 29 heavy (non-hydrogen) atoms. The fourth-order valence-electron chi connectivity index (χ4n) is 3.29. The van der Waals surface area contributed by atoms with Crippen molar-refractivity contribution in [1.82, 2.24) is 9.62 Å². The molecule has 1 N–H and O–H groups in total. The maximum absolute atomic E-state index is 12.6. The Morgan fingerprint density at radius 2 is 1.79 bits per heavy atom. The molecule has 2 aromatic carbocycles. The molecule has 1 atom stereocenters. The summed E-state index contributed by atoms with van der Waals surface area (Å²) in [5, 5.41) is 0. The van der Waals surface area contributed by atoms with E-state index in [1.165, 1.54) is 12.1 Å². The third-order valence-corrected chi connectivity index (χ3v) is 6.23. The zero-order valence-electron chi connectivity index (χ0n) is 15.7. The number of nitrogens with one attached hydrogen (secondary N) is 1. The minimum Gasteiger partial charge on any atom is -0.486 e. The number of nitrogens with zero attached hydrogens (tertiary/aromatic N) is 1. The summed E-state index contributed by atoms with van der Waals surface area (Å²) in [5.41, 5.74) is 0.988. The van der Waals surface area contributed by atoms with E-state index in [1.807, 2.05) is 30.3 Å². The van der Waals surface area contributed by atoms with Gasteiger partial charge in [0.1, 0.15) is 19.3 Å². The van der Waals surface area contributed by atoms with Crippen LogP contribution in [0.15, 0.2) is 53.4 Å². The van der Waals surface area contributed by atoms with E-state index in [9.17, 15) is 13.2 Å². The van der Waals surface area contributed by atoms with Gasteiger partial charge in [-0.1, -0.05) is 30.3 Å². The van der Waals surface area contributed by atoms with Gasteiger partial charge in [0.05, 0.1) is 24.6 Å². The van der Waals surface area contributed by atoms with E-state index in [0.717, 1.165) is 5.56 Å². The molecular weight excluding hydrogens is 396 g/mol. The van der Waals surface area contributed by atoms with Crippen molar-refractivity contribution < 1.29 is 27.4 Å². The molecule has 2 aromatic rings. The minimum atomic E-state index is -3.86. The van der Waals surface area contributed by atoms with E-state index >= 15 is 0 Å². The van der Waals surface area contributed by atoms with Crippen molar-refractivity contribution in [3.8, 4) is 11.5 Å². The van der Waals surface area contributed by atoms with Crippen molar-refractivity contribution in [3.05, 3.63) is 54.1 Å². The van der Waals surface area contributed by atoms with E-state index in [1.54, 1.807) is 11.0 Å². The van der Waals surface area contributed by atoms with Crippen molar-refractivity contribution >= 4 is 15.9 Å². The number of sulfonamides is 1. The SMILES string of the molecule is O=C(CNS(=O)(=O)c1ccc2c(c1)OCCO2)N1CCOC(c2ccccc2)C1. The van der Waals surface area contributed by atoms with Gasteiger partial charge in [-0.05, 0) is 17.7 Å². The van der Waals surface area contributed by atoms with Crippen LogP contribution in [0, 0.1) is 0 Å². The molecule has 154 valence electrons. The van der Waals surface area contributed by atoms with Crippen LogP contribution in [0.4, 0.5) is 0 Å². The molecule has 0 bridgehead atoms. The summed E-state index contributed by atoms with van der Waals surface area (Å²) in [6.07, 6.45) is -0.219. The Kier molecular flexibility index (Phi) is 5.70. The van der Waals surface area contributed by atoms with Gasteiger partial charge in [-0.15, -0.1) is 0 Å². The average Bonchev–Trinajstić information content (AvgIpc) is 2.78. The van der Waals surface area contributed by atoms with Crippen LogP contribution in [-0.2, 0) is 19.6 Å². The molecular formula is C20H22N2O6S. The van der Waals surface area contributed by atoms with Crippen LogP contribution in [0.25, 0.3) is 0 Å².